The first kappa shape index (κ1) is 8.21. The summed E-state index contributed by atoms with van der Waals surface area (Å²) in [5.74, 6) is 0.0262. The van der Waals surface area contributed by atoms with E-state index in [0.29, 0.717) is 5.56 Å². The van der Waals surface area contributed by atoms with E-state index in [-0.39, 0.29) is 11.7 Å². The van der Waals surface area contributed by atoms with Crippen molar-refractivity contribution < 1.29 is 4.39 Å². The summed E-state index contributed by atoms with van der Waals surface area (Å²) in [6.07, 6.45) is 0. The molecule has 3 heteroatoms. The second kappa shape index (κ2) is 3.15. The molecule has 0 spiro atoms. The number of halogens is 1. The van der Waals surface area contributed by atoms with Gasteiger partial charge in [0.1, 0.15) is 5.82 Å². The highest BCUT2D eigenvalue weighted by molar-refractivity contribution is 5.35. The summed E-state index contributed by atoms with van der Waals surface area (Å²) in [6.45, 7) is 1.67. The first-order chi connectivity index (χ1) is 6.31. The first-order valence-corrected chi connectivity index (χ1v) is 4.21. The van der Waals surface area contributed by atoms with Gasteiger partial charge in [-0.05, 0) is 17.7 Å². The molecule has 0 bridgehead atoms. The third kappa shape index (κ3) is 1.41. The van der Waals surface area contributed by atoms with Crippen molar-refractivity contribution in [2.75, 3.05) is 13.1 Å². The van der Waals surface area contributed by atoms with Crippen molar-refractivity contribution in [1.82, 2.24) is 5.32 Å². The molecular weight excluding hydrogens is 167 g/mol. The van der Waals surface area contributed by atoms with Crippen molar-refractivity contribution in [2.45, 2.75) is 5.92 Å². The number of benzene rings is 1. The van der Waals surface area contributed by atoms with Crippen LogP contribution in [0.2, 0.25) is 0 Å². The molecule has 0 unspecified atom stereocenters. The topological polar surface area (TPSA) is 35.8 Å². The molecule has 1 heterocycles. The molecule has 0 amide bonds. The molecule has 1 aliphatic rings. The van der Waals surface area contributed by atoms with Crippen molar-refractivity contribution >= 4 is 0 Å². The molecular formula is C10H9FN2. The van der Waals surface area contributed by atoms with Crippen LogP contribution >= 0.6 is 0 Å². The summed E-state index contributed by atoms with van der Waals surface area (Å²) in [5, 5.41) is 11.6. The monoisotopic (exact) mass is 176 g/mol. The number of nitriles is 1. The molecule has 2 nitrogen and oxygen atoms in total. The Bertz CT molecular complexity index is 364. The van der Waals surface area contributed by atoms with Crippen LogP contribution in [0, 0.1) is 17.1 Å². The Balaban J connectivity index is 2.32. The van der Waals surface area contributed by atoms with Crippen molar-refractivity contribution in [3.05, 3.63) is 35.1 Å². The zero-order chi connectivity index (χ0) is 9.26. The van der Waals surface area contributed by atoms with Crippen LogP contribution in [0.3, 0.4) is 0 Å². The Hall–Kier alpha value is -1.40. The Morgan fingerprint density at radius 1 is 1.46 bits per heavy atom. The molecule has 66 valence electrons. The van der Waals surface area contributed by atoms with E-state index in [0.717, 1.165) is 18.7 Å². The largest absolute Gasteiger partial charge is 0.315 e. The van der Waals surface area contributed by atoms with Gasteiger partial charge in [0.2, 0.25) is 0 Å². The molecule has 1 aliphatic heterocycles. The summed E-state index contributed by atoms with van der Waals surface area (Å²) < 4.78 is 13.3. The van der Waals surface area contributed by atoms with E-state index in [1.54, 1.807) is 12.1 Å². The average molecular weight is 176 g/mol. The van der Waals surface area contributed by atoms with Gasteiger partial charge < -0.3 is 5.32 Å². The van der Waals surface area contributed by atoms with Gasteiger partial charge in [-0.3, -0.25) is 0 Å². The molecule has 1 aromatic rings. The molecule has 1 saturated heterocycles. The summed E-state index contributed by atoms with van der Waals surface area (Å²) in [6, 6.07) is 6.58. The summed E-state index contributed by atoms with van der Waals surface area (Å²) in [4.78, 5) is 0. The predicted molar refractivity (Wildman–Crippen MR) is 46.7 cm³/mol. The van der Waals surface area contributed by atoms with Crippen LogP contribution in [-0.2, 0) is 0 Å². The van der Waals surface area contributed by atoms with Gasteiger partial charge in [0.15, 0.2) is 0 Å². The molecule has 0 aliphatic carbocycles. The maximum absolute atomic E-state index is 13.3. The van der Waals surface area contributed by atoms with Gasteiger partial charge in [0.05, 0.1) is 11.6 Å². The Morgan fingerprint density at radius 2 is 2.23 bits per heavy atom. The molecule has 13 heavy (non-hydrogen) atoms. The Labute approximate surface area is 76.0 Å². The van der Waals surface area contributed by atoms with Crippen molar-refractivity contribution in [3.8, 4) is 6.07 Å². The third-order valence-electron chi connectivity index (χ3n) is 2.35. The second-order valence-electron chi connectivity index (χ2n) is 3.20. The summed E-state index contributed by atoms with van der Waals surface area (Å²) in [7, 11) is 0. The van der Waals surface area contributed by atoms with Gasteiger partial charge in [-0.15, -0.1) is 0 Å². The number of hydrogen-bond donors (Lipinski definition) is 1. The highest BCUT2D eigenvalue weighted by atomic mass is 19.1. The molecule has 0 radical (unpaired) electrons. The van der Waals surface area contributed by atoms with Crippen molar-refractivity contribution in [1.29, 1.82) is 5.26 Å². The Morgan fingerprint density at radius 3 is 2.69 bits per heavy atom. The van der Waals surface area contributed by atoms with E-state index in [4.69, 9.17) is 5.26 Å². The van der Waals surface area contributed by atoms with Crippen LogP contribution in [0.25, 0.3) is 0 Å². The van der Waals surface area contributed by atoms with E-state index in [1.165, 1.54) is 6.07 Å². The third-order valence-corrected chi connectivity index (χ3v) is 2.35. The molecule has 1 N–H and O–H groups in total. The van der Waals surface area contributed by atoms with Gasteiger partial charge in [-0.2, -0.15) is 5.26 Å². The van der Waals surface area contributed by atoms with Crippen molar-refractivity contribution in [2.24, 2.45) is 0 Å². The van der Waals surface area contributed by atoms with Crippen LogP contribution in [0.4, 0.5) is 4.39 Å². The van der Waals surface area contributed by atoms with Crippen LogP contribution in [-0.4, -0.2) is 13.1 Å². The van der Waals surface area contributed by atoms with E-state index in [2.05, 4.69) is 5.32 Å². The number of nitrogens with one attached hydrogen (secondary N) is 1. The molecule has 1 aromatic carbocycles. The maximum atomic E-state index is 13.3. The van der Waals surface area contributed by atoms with Crippen LogP contribution in [0.15, 0.2) is 18.2 Å². The number of hydrogen-bond acceptors (Lipinski definition) is 2. The lowest BCUT2D eigenvalue weighted by Gasteiger charge is -2.27. The summed E-state index contributed by atoms with van der Waals surface area (Å²) in [5.41, 5.74) is 1.10. The lowest BCUT2D eigenvalue weighted by molar-refractivity contribution is 0.431. The first-order valence-electron chi connectivity index (χ1n) is 4.21. The highest BCUT2D eigenvalue weighted by Gasteiger charge is 2.21. The van der Waals surface area contributed by atoms with E-state index < -0.39 is 0 Å². The van der Waals surface area contributed by atoms with E-state index in [1.807, 2.05) is 6.07 Å². The normalized spacial score (nSPS) is 16.3. The SMILES string of the molecule is N#Cc1ccc(C2CNC2)c(F)c1. The minimum atomic E-state index is -0.259. The Kier molecular flexibility index (Phi) is 1.99. The predicted octanol–water partition coefficient (Wildman–Crippen LogP) is 1.38. The van der Waals surface area contributed by atoms with Gasteiger partial charge in [0.25, 0.3) is 0 Å². The minimum Gasteiger partial charge on any atom is -0.315 e. The molecule has 1 fully saturated rings. The van der Waals surface area contributed by atoms with Crippen LogP contribution in [0.1, 0.15) is 17.0 Å². The molecule has 0 atom stereocenters. The quantitative estimate of drug-likeness (QED) is 0.701. The fourth-order valence-electron chi connectivity index (χ4n) is 1.44. The molecule has 0 aromatic heterocycles. The number of rotatable bonds is 1. The highest BCUT2D eigenvalue weighted by Crippen LogP contribution is 2.23. The minimum absolute atomic E-state index is 0.259. The smallest absolute Gasteiger partial charge is 0.128 e. The zero-order valence-electron chi connectivity index (χ0n) is 7.05. The van der Waals surface area contributed by atoms with Gasteiger partial charge >= 0.3 is 0 Å². The average Bonchev–Trinajstić information content (AvgIpc) is 2.05. The molecule has 2 rings (SSSR count). The fraction of sp³-hybridized carbons (Fsp3) is 0.300. The second-order valence-corrected chi connectivity index (χ2v) is 3.20. The van der Waals surface area contributed by atoms with Crippen LogP contribution in [0.5, 0.6) is 0 Å². The van der Waals surface area contributed by atoms with E-state index in [9.17, 15) is 4.39 Å². The lowest BCUT2D eigenvalue weighted by atomic mass is 9.92. The lowest BCUT2D eigenvalue weighted by Crippen LogP contribution is -2.40. The van der Waals surface area contributed by atoms with Gasteiger partial charge in [-0.25, -0.2) is 4.39 Å². The van der Waals surface area contributed by atoms with Crippen LogP contribution < -0.4 is 5.32 Å². The molecule has 0 saturated carbocycles. The summed E-state index contributed by atoms with van der Waals surface area (Å²) >= 11 is 0. The van der Waals surface area contributed by atoms with Gasteiger partial charge in [-0.1, -0.05) is 6.07 Å². The fourth-order valence-corrected chi connectivity index (χ4v) is 1.44. The van der Waals surface area contributed by atoms with Gasteiger partial charge in [0, 0.05) is 19.0 Å². The van der Waals surface area contributed by atoms with Crippen molar-refractivity contribution in [3.63, 3.8) is 0 Å². The number of nitrogens with zero attached hydrogens (tertiary/aromatic N) is 1. The standard InChI is InChI=1S/C10H9FN2/c11-10-3-7(4-12)1-2-9(10)8-5-13-6-8/h1-3,8,13H,5-6H2. The van der Waals surface area contributed by atoms with E-state index >= 15 is 0 Å². The zero-order valence-corrected chi connectivity index (χ0v) is 7.05. The maximum Gasteiger partial charge on any atom is 0.128 e.